The fourth-order valence-electron chi connectivity index (χ4n) is 4.88. The van der Waals surface area contributed by atoms with Crippen LogP contribution in [0.3, 0.4) is 0 Å². The normalized spacial score (nSPS) is 16.4. The molecule has 2 heterocycles. The van der Waals surface area contributed by atoms with Crippen LogP contribution >= 0.6 is 0 Å². The largest absolute Gasteiger partial charge is 0.444 e. The summed E-state index contributed by atoms with van der Waals surface area (Å²) < 4.78 is 12.5. The van der Waals surface area contributed by atoms with E-state index in [4.69, 9.17) is 9.26 Å². The summed E-state index contributed by atoms with van der Waals surface area (Å²) in [7, 11) is 0. The van der Waals surface area contributed by atoms with Gasteiger partial charge in [0.1, 0.15) is 34.5 Å². The highest BCUT2D eigenvalue weighted by Crippen LogP contribution is 2.52. The van der Waals surface area contributed by atoms with Crippen LogP contribution < -0.4 is 5.32 Å². The van der Waals surface area contributed by atoms with Crippen molar-refractivity contribution in [2.75, 3.05) is 5.32 Å². The fourth-order valence-corrected chi connectivity index (χ4v) is 4.88. The molecule has 1 atom stereocenters. The molecule has 1 amide bonds. The first-order valence-electron chi connectivity index (χ1n) is 13.4. The molecule has 1 aromatic carbocycles. The number of amides is 1. The van der Waals surface area contributed by atoms with E-state index in [-0.39, 0.29) is 41.5 Å². The minimum Gasteiger partial charge on any atom is -0.444 e. The predicted molar refractivity (Wildman–Crippen MR) is 147 cm³/mol. The molecule has 0 saturated heterocycles. The number of nitrogens with zero attached hydrogens (tertiary/aromatic N) is 4. The summed E-state index contributed by atoms with van der Waals surface area (Å²) >= 11 is 0. The van der Waals surface area contributed by atoms with Gasteiger partial charge in [-0.05, 0) is 58.4 Å². The van der Waals surface area contributed by atoms with Crippen molar-refractivity contribution >= 4 is 17.7 Å². The van der Waals surface area contributed by atoms with Crippen LogP contribution in [0.25, 0.3) is 11.3 Å². The van der Waals surface area contributed by atoms with Crippen LogP contribution in [0, 0.1) is 16.7 Å². The summed E-state index contributed by atoms with van der Waals surface area (Å²) in [6, 6.07) is 11.4. The third kappa shape index (κ3) is 6.39. The maximum atomic E-state index is 12.8. The van der Waals surface area contributed by atoms with Gasteiger partial charge in [-0.25, -0.2) is 9.48 Å². The number of rotatable bonds is 8. The van der Waals surface area contributed by atoms with E-state index in [0.29, 0.717) is 22.9 Å². The van der Waals surface area contributed by atoms with Gasteiger partial charge in [0.05, 0.1) is 12.1 Å². The highest BCUT2D eigenvalue weighted by Gasteiger charge is 2.41. The summed E-state index contributed by atoms with van der Waals surface area (Å²) in [6.45, 7) is 13.6. The Morgan fingerprint density at radius 3 is 2.46 bits per heavy atom. The number of aromatic nitrogens is 3. The lowest BCUT2D eigenvalue weighted by Crippen LogP contribution is -2.32. The second kappa shape index (κ2) is 10.7. The van der Waals surface area contributed by atoms with Crippen molar-refractivity contribution in [3.8, 4) is 17.3 Å². The molecule has 1 N–H and O–H groups in total. The quantitative estimate of drug-likeness (QED) is 0.347. The molecule has 0 radical (unpaired) electrons. The van der Waals surface area contributed by atoms with Crippen LogP contribution in [-0.4, -0.2) is 32.4 Å². The average molecular weight is 532 g/mol. The maximum absolute atomic E-state index is 12.8. The zero-order chi connectivity index (χ0) is 28.5. The van der Waals surface area contributed by atoms with Crippen molar-refractivity contribution < 1.29 is 18.8 Å². The molecule has 2 aromatic heterocycles. The van der Waals surface area contributed by atoms with Gasteiger partial charge in [0.15, 0.2) is 5.82 Å². The number of benzene rings is 1. The highest BCUT2D eigenvalue weighted by molar-refractivity contribution is 5.88. The average Bonchev–Trinajstić information content (AvgIpc) is 3.41. The second-order valence-corrected chi connectivity index (χ2v) is 12.2. The molecule has 4 rings (SSSR count). The number of nitriles is 1. The van der Waals surface area contributed by atoms with E-state index in [0.717, 1.165) is 24.2 Å². The molecule has 0 bridgehead atoms. The molecule has 9 nitrogen and oxygen atoms in total. The summed E-state index contributed by atoms with van der Waals surface area (Å²) in [6.07, 6.45) is 2.07. The van der Waals surface area contributed by atoms with Crippen LogP contribution in [-0.2, 0) is 22.4 Å². The molecule has 1 aliphatic carbocycles. The molecule has 206 valence electrons. The van der Waals surface area contributed by atoms with Gasteiger partial charge in [0, 0.05) is 30.0 Å². The van der Waals surface area contributed by atoms with Gasteiger partial charge in [-0.1, -0.05) is 43.3 Å². The number of hydrogen-bond donors (Lipinski definition) is 1. The maximum Gasteiger partial charge on any atom is 0.413 e. The van der Waals surface area contributed by atoms with Crippen molar-refractivity contribution in [2.45, 2.75) is 91.7 Å². The monoisotopic (exact) mass is 531 g/mol. The van der Waals surface area contributed by atoms with E-state index < -0.39 is 11.7 Å². The van der Waals surface area contributed by atoms with Gasteiger partial charge in [-0.3, -0.25) is 10.1 Å². The first-order valence-corrected chi connectivity index (χ1v) is 13.4. The standard InChI is InChI=1S/C30H37N5O4/c1-18(2)35-27(32-28(37)38-29(3,4)5)23(17-31)26(33-35)20-10-8-19(9-11-20)14-22(36)15-21-16-25(39-34-21)24-12-13-30(24,6)7/h8-11,16,18,24H,12-15H2,1-7H3,(H,32,37). The van der Waals surface area contributed by atoms with E-state index in [1.165, 1.54) is 0 Å². The lowest BCUT2D eigenvalue weighted by Gasteiger charge is -2.42. The fraction of sp³-hybridized carbons (Fsp3) is 0.500. The Morgan fingerprint density at radius 2 is 1.92 bits per heavy atom. The van der Waals surface area contributed by atoms with E-state index >= 15 is 0 Å². The Kier molecular flexibility index (Phi) is 7.69. The zero-order valence-corrected chi connectivity index (χ0v) is 23.8. The van der Waals surface area contributed by atoms with Crippen molar-refractivity contribution in [1.82, 2.24) is 14.9 Å². The molecule has 1 unspecified atom stereocenters. The molecule has 1 saturated carbocycles. The molecule has 0 spiro atoms. The van der Waals surface area contributed by atoms with Crippen molar-refractivity contribution in [3.63, 3.8) is 0 Å². The Balaban J connectivity index is 1.47. The number of nitrogens with one attached hydrogen (secondary N) is 1. The Bertz CT molecular complexity index is 1400. The third-order valence-electron chi connectivity index (χ3n) is 7.08. The van der Waals surface area contributed by atoms with E-state index in [9.17, 15) is 14.9 Å². The Hall–Kier alpha value is -3.93. The topological polar surface area (TPSA) is 123 Å². The number of carbonyl (C=O) groups excluding carboxylic acids is 2. The van der Waals surface area contributed by atoms with Crippen LogP contribution in [0.2, 0.25) is 0 Å². The van der Waals surface area contributed by atoms with Crippen LogP contribution in [0.15, 0.2) is 34.9 Å². The zero-order valence-electron chi connectivity index (χ0n) is 23.8. The molecule has 9 heteroatoms. The van der Waals surface area contributed by atoms with Gasteiger partial charge >= 0.3 is 6.09 Å². The Morgan fingerprint density at radius 1 is 1.23 bits per heavy atom. The van der Waals surface area contributed by atoms with Crippen LogP contribution in [0.4, 0.5) is 10.6 Å². The lowest BCUT2D eigenvalue weighted by molar-refractivity contribution is -0.117. The van der Waals surface area contributed by atoms with Crippen molar-refractivity contribution in [1.29, 1.82) is 5.26 Å². The van der Waals surface area contributed by atoms with Gasteiger partial charge < -0.3 is 9.26 Å². The third-order valence-corrected chi connectivity index (χ3v) is 7.08. The summed E-state index contributed by atoms with van der Waals surface area (Å²) in [5.74, 6) is 1.56. The molecular weight excluding hydrogens is 494 g/mol. The first-order chi connectivity index (χ1) is 18.3. The number of Topliss-reactive ketones (excluding diaryl/α,β-unsaturated/α-hetero) is 1. The molecule has 39 heavy (non-hydrogen) atoms. The van der Waals surface area contributed by atoms with Gasteiger partial charge in [-0.15, -0.1) is 0 Å². The Labute approximate surface area is 229 Å². The number of hydrogen-bond acceptors (Lipinski definition) is 7. The number of ketones is 1. The smallest absolute Gasteiger partial charge is 0.413 e. The van der Waals surface area contributed by atoms with Crippen molar-refractivity contribution in [3.05, 3.63) is 52.9 Å². The molecule has 1 aliphatic rings. The SMILES string of the molecule is CC(C)n1nc(-c2ccc(CC(=O)Cc3cc(C4CCC4(C)C)on3)cc2)c(C#N)c1NC(=O)OC(C)(C)C. The summed E-state index contributed by atoms with van der Waals surface area (Å²) in [5, 5.41) is 21.4. The van der Waals surface area contributed by atoms with E-state index in [2.05, 4.69) is 35.5 Å². The molecule has 3 aromatic rings. The summed E-state index contributed by atoms with van der Waals surface area (Å²) in [5.41, 5.74) is 2.45. The molecule has 1 fully saturated rings. The predicted octanol–water partition coefficient (Wildman–Crippen LogP) is 6.60. The minimum atomic E-state index is -0.681. The molecular formula is C30H37N5O4. The van der Waals surface area contributed by atoms with Gasteiger partial charge in [0.2, 0.25) is 0 Å². The van der Waals surface area contributed by atoms with Crippen LogP contribution in [0.5, 0.6) is 0 Å². The summed E-state index contributed by atoms with van der Waals surface area (Å²) in [4.78, 5) is 25.2. The first kappa shape index (κ1) is 28.1. The van der Waals surface area contributed by atoms with E-state index in [1.807, 2.05) is 44.2 Å². The highest BCUT2D eigenvalue weighted by atomic mass is 16.6. The number of ether oxygens (including phenoxy) is 1. The molecule has 0 aliphatic heterocycles. The van der Waals surface area contributed by atoms with Crippen molar-refractivity contribution in [2.24, 2.45) is 5.41 Å². The number of anilines is 1. The second-order valence-electron chi connectivity index (χ2n) is 12.2. The minimum absolute atomic E-state index is 0.0427. The van der Waals surface area contributed by atoms with Gasteiger partial charge in [-0.2, -0.15) is 10.4 Å². The van der Waals surface area contributed by atoms with E-state index in [1.54, 1.807) is 25.5 Å². The lowest BCUT2D eigenvalue weighted by atomic mass is 9.61. The van der Waals surface area contributed by atoms with Gasteiger partial charge in [0.25, 0.3) is 0 Å². The van der Waals surface area contributed by atoms with Crippen LogP contribution in [0.1, 0.15) is 95.8 Å². The number of carbonyl (C=O) groups is 2.